The normalized spacial score (nSPS) is 20.7. The zero-order chi connectivity index (χ0) is 23.5. The molecule has 1 aromatic carbocycles. The van der Waals surface area contributed by atoms with E-state index >= 15 is 0 Å². The van der Waals surface area contributed by atoms with Crippen molar-refractivity contribution >= 4 is 34.7 Å². The van der Waals surface area contributed by atoms with Crippen LogP contribution in [0.3, 0.4) is 0 Å². The molecule has 174 valence electrons. The third-order valence-corrected chi connectivity index (χ3v) is 7.21. The van der Waals surface area contributed by atoms with E-state index in [2.05, 4.69) is 11.4 Å². The first kappa shape index (κ1) is 23.7. The molecule has 33 heavy (non-hydrogen) atoms. The van der Waals surface area contributed by atoms with Gasteiger partial charge in [-0.25, -0.2) is 4.79 Å². The van der Waals surface area contributed by atoms with Crippen LogP contribution in [-0.2, 0) is 19.1 Å². The number of carbonyl (C=O) groups is 2. The number of Topliss-reactive ketones (excluding diaryl/α,β-unsaturated/α-hetero) is 1. The van der Waals surface area contributed by atoms with Crippen molar-refractivity contribution in [2.24, 2.45) is 0 Å². The van der Waals surface area contributed by atoms with E-state index in [4.69, 9.17) is 21.1 Å². The summed E-state index contributed by atoms with van der Waals surface area (Å²) in [6.07, 6.45) is 1.20. The van der Waals surface area contributed by atoms with Gasteiger partial charge in [0.15, 0.2) is 5.78 Å². The number of esters is 1. The average molecular weight is 486 g/mol. The van der Waals surface area contributed by atoms with Crippen molar-refractivity contribution in [3.8, 4) is 0 Å². The van der Waals surface area contributed by atoms with Crippen molar-refractivity contribution in [1.29, 1.82) is 0 Å². The van der Waals surface area contributed by atoms with Crippen molar-refractivity contribution in [1.82, 2.24) is 5.32 Å². The standard InChI is InChI=1S/C26H28ClNO4S/c1-15(2)31-9-10-32-26(30)23-16(3)28-20-13-18(22-8-5-11-33-22)14-21(29)25(20)24(23)17-6-4-7-19(27)12-17/h4-8,11-12,15,18,24,28H,9-10,13-14H2,1-3H3/t18-,24-/m0/s1. The number of hydrogen-bond donors (Lipinski definition) is 1. The minimum absolute atomic E-state index is 0.0491. The molecule has 1 aliphatic heterocycles. The number of ketones is 1. The summed E-state index contributed by atoms with van der Waals surface area (Å²) in [5.74, 6) is -0.779. The highest BCUT2D eigenvalue weighted by molar-refractivity contribution is 7.10. The topological polar surface area (TPSA) is 64.6 Å². The summed E-state index contributed by atoms with van der Waals surface area (Å²) in [5.41, 5.74) is 3.48. The minimum Gasteiger partial charge on any atom is -0.460 e. The number of dihydropyridines is 1. The molecule has 1 aliphatic carbocycles. The molecular formula is C26H28ClNO4S. The summed E-state index contributed by atoms with van der Waals surface area (Å²) < 4.78 is 11.0. The largest absolute Gasteiger partial charge is 0.460 e. The highest BCUT2D eigenvalue weighted by Crippen LogP contribution is 2.46. The summed E-state index contributed by atoms with van der Waals surface area (Å²) in [6, 6.07) is 11.5. The van der Waals surface area contributed by atoms with E-state index in [1.807, 2.05) is 50.4 Å². The maximum Gasteiger partial charge on any atom is 0.336 e. The second-order valence-corrected chi connectivity index (χ2v) is 10.1. The predicted molar refractivity (Wildman–Crippen MR) is 130 cm³/mol. The number of thiophene rings is 1. The first-order valence-electron chi connectivity index (χ1n) is 11.2. The van der Waals surface area contributed by atoms with Crippen LogP contribution < -0.4 is 5.32 Å². The van der Waals surface area contributed by atoms with Gasteiger partial charge < -0.3 is 14.8 Å². The lowest BCUT2D eigenvalue weighted by Crippen LogP contribution is -2.36. The Balaban J connectivity index is 1.68. The van der Waals surface area contributed by atoms with Gasteiger partial charge in [-0.1, -0.05) is 29.8 Å². The molecule has 0 amide bonds. The van der Waals surface area contributed by atoms with Crippen LogP contribution in [-0.4, -0.2) is 31.1 Å². The number of allylic oxidation sites excluding steroid dienone is 3. The Kier molecular flexibility index (Phi) is 7.37. The van der Waals surface area contributed by atoms with Crippen LogP contribution >= 0.6 is 22.9 Å². The molecule has 2 atom stereocenters. The van der Waals surface area contributed by atoms with E-state index in [0.717, 1.165) is 17.7 Å². The molecule has 0 spiro atoms. The number of carbonyl (C=O) groups excluding carboxylic acids is 2. The first-order chi connectivity index (χ1) is 15.8. The second-order valence-electron chi connectivity index (χ2n) is 8.64. The number of rotatable bonds is 7. The van der Waals surface area contributed by atoms with Crippen molar-refractivity contribution < 1.29 is 19.1 Å². The predicted octanol–water partition coefficient (Wildman–Crippen LogP) is 5.73. The molecule has 2 aliphatic rings. The van der Waals surface area contributed by atoms with Crippen LogP contribution in [0.4, 0.5) is 0 Å². The van der Waals surface area contributed by atoms with Gasteiger partial charge in [0.2, 0.25) is 0 Å². The molecule has 1 aromatic heterocycles. The molecule has 4 rings (SSSR count). The third kappa shape index (κ3) is 5.24. The Morgan fingerprint density at radius 3 is 2.73 bits per heavy atom. The second kappa shape index (κ2) is 10.2. The summed E-state index contributed by atoms with van der Waals surface area (Å²) in [5, 5.41) is 5.97. The van der Waals surface area contributed by atoms with E-state index in [1.165, 1.54) is 4.88 Å². The minimum atomic E-state index is -0.518. The monoisotopic (exact) mass is 485 g/mol. The lowest BCUT2D eigenvalue weighted by Gasteiger charge is -2.36. The molecule has 7 heteroatoms. The zero-order valence-electron chi connectivity index (χ0n) is 19.0. The first-order valence-corrected chi connectivity index (χ1v) is 12.4. The van der Waals surface area contributed by atoms with Crippen LogP contribution in [0.5, 0.6) is 0 Å². The van der Waals surface area contributed by atoms with E-state index in [1.54, 1.807) is 17.4 Å². The van der Waals surface area contributed by atoms with Crippen LogP contribution in [0.15, 0.2) is 64.3 Å². The summed E-state index contributed by atoms with van der Waals surface area (Å²) in [7, 11) is 0. The van der Waals surface area contributed by atoms with Crippen molar-refractivity contribution in [3.63, 3.8) is 0 Å². The fourth-order valence-corrected chi connectivity index (χ4v) is 5.58. The number of hydrogen-bond acceptors (Lipinski definition) is 6. The quantitative estimate of drug-likeness (QED) is 0.400. The number of nitrogens with one attached hydrogen (secondary N) is 1. The summed E-state index contributed by atoms with van der Waals surface area (Å²) in [6.45, 7) is 6.19. The lowest BCUT2D eigenvalue weighted by molar-refractivity contribution is -0.141. The molecule has 0 fully saturated rings. The molecule has 0 saturated heterocycles. The van der Waals surface area contributed by atoms with E-state index in [9.17, 15) is 9.59 Å². The molecule has 0 saturated carbocycles. The molecule has 2 aromatic rings. The van der Waals surface area contributed by atoms with E-state index in [-0.39, 0.29) is 24.4 Å². The Labute approximate surface area is 203 Å². The van der Waals surface area contributed by atoms with Gasteiger partial charge in [-0.2, -0.15) is 0 Å². The smallest absolute Gasteiger partial charge is 0.336 e. The highest BCUT2D eigenvalue weighted by atomic mass is 35.5. The molecule has 5 nitrogen and oxygen atoms in total. The van der Waals surface area contributed by atoms with Gasteiger partial charge in [-0.05, 0) is 56.3 Å². The Hall–Kier alpha value is -2.41. The molecule has 1 N–H and O–H groups in total. The fourth-order valence-electron chi connectivity index (χ4n) is 4.55. The van der Waals surface area contributed by atoms with Crippen molar-refractivity contribution in [2.45, 2.75) is 51.6 Å². The molecule has 0 unspecified atom stereocenters. The number of benzene rings is 1. The van der Waals surface area contributed by atoms with Gasteiger partial charge in [0.1, 0.15) is 6.61 Å². The van der Waals surface area contributed by atoms with E-state index < -0.39 is 11.9 Å². The number of halogens is 1. The lowest BCUT2D eigenvalue weighted by atomic mass is 9.72. The molecule has 0 bridgehead atoms. The van der Waals surface area contributed by atoms with Crippen molar-refractivity contribution in [3.05, 3.63) is 79.8 Å². The number of ether oxygens (including phenoxy) is 2. The SMILES string of the molecule is CC1=C(C(=O)OCCOC(C)C)[C@H](c2cccc(Cl)c2)C2=C(C[C@H](c3cccs3)CC2=O)N1. The Morgan fingerprint density at radius 1 is 1.21 bits per heavy atom. The van der Waals surface area contributed by atoms with Crippen LogP contribution in [0.1, 0.15) is 55.9 Å². The van der Waals surface area contributed by atoms with Gasteiger partial charge in [0.25, 0.3) is 0 Å². The maximum absolute atomic E-state index is 13.5. The highest BCUT2D eigenvalue weighted by Gasteiger charge is 2.41. The molecule has 0 radical (unpaired) electrons. The Morgan fingerprint density at radius 2 is 2.03 bits per heavy atom. The zero-order valence-corrected chi connectivity index (χ0v) is 20.6. The van der Waals surface area contributed by atoms with Gasteiger partial charge in [-0.15, -0.1) is 11.3 Å². The fraction of sp³-hybridized carbons (Fsp3) is 0.385. The maximum atomic E-state index is 13.5. The van der Waals surface area contributed by atoms with Crippen molar-refractivity contribution in [2.75, 3.05) is 13.2 Å². The molecular weight excluding hydrogens is 458 g/mol. The Bertz CT molecular complexity index is 1100. The van der Waals surface area contributed by atoms with Gasteiger partial charge in [0.05, 0.1) is 18.3 Å². The van der Waals surface area contributed by atoms with Crippen LogP contribution in [0.25, 0.3) is 0 Å². The summed E-state index contributed by atoms with van der Waals surface area (Å²) >= 11 is 7.97. The van der Waals surface area contributed by atoms with Crippen LogP contribution in [0.2, 0.25) is 5.02 Å². The van der Waals surface area contributed by atoms with Crippen LogP contribution in [0, 0.1) is 0 Å². The van der Waals surface area contributed by atoms with Gasteiger partial charge in [0, 0.05) is 45.1 Å². The summed E-state index contributed by atoms with van der Waals surface area (Å²) in [4.78, 5) is 27.9. The average Bonchev–Trinajstić information content (AvgIpc) is 3.30. The molecule has 2 heterocycles. The van der Waals surface area contributed by atoms with Gasteiger partial charge >= 0.3 is 5.97 Å². The van der Waals surface area contributed by atoms with E-state index in [0.29, 0.717) is 34.9 Å². The van der Waals surface area contributed by atoms with Gasteiger partial charge in [-0.3, -0.25) is 4.79 Å². The third-order valence-electron chi connectivity index (χ3n) is 5.94.